The zero-order valence-corrected chi connectivity index (χ0v) is 17.1. The van der Waals surface area contributed by atoms with Crippen molar-refractivity contribution in [3.05, 3.63) is 58.9 Å². The number of rotatable bonds is 3. The van der Waals surface area contributed by atoms with Crippen LogP contribution in [-0.2, 0) is 15.6 Å². The Labute approximate surface area is 161 Å². The minimum atomic E-state index is -0.484. The molecule has 5 nitrogen and oxygen atoms in total. The van der Waals surface area contributed by atoms with Crippen LogP contribution in [0.25, 0.3) is 0 Å². The minimum absolute atomic E-state index is 0.0405. The molecule has 27 heavy (non-hydrogen) atoms. The molecule has 0 aliphatic carbocycles. The number of hydrogen-bond donors (Lipinski definition) is 1. The number of benzene rings is 1. The molecule has 1 amide bonds. The maximum atomic E-state index is 12.6. The van der Waals surface area contributed by atoms with Gasteiger partial charge in [-0.05, 0) is 46.2 Å². The van der Waals surface area contributed by atoms with Gasteiger partial charge < -0.3 is 10.1 Å². The van der Waals surface area contributed by atoms with Gasteiger partial charge in [-0.25, -0.2) is 4.79 Å². The summed E-state index contributed by atoms with van der Waals surface area (Å²) in [4.78, 5) is 28.2. The molecular weight excluding hydrogens is 340 g/mol. The summed E-state index contributed by atoms with van der Waals surface area (Å²) >= 11 is 0. The lowest BCUT2D eigenvalue weighted by Gasteiger charge is -2.26. The fourth-order valence-electron chi connectivity index (χ4n) is 2.53. The molecule has 0 spiro atoms. The summed E-state index contributed by atoms with van der Waals surface area (Å²) in [7, 11) is 1.30. The number of esters is 1. The van der Waals surface area contributed by atoms with Crippen LogP contribution in [0.2, 0.25) is 0 Å². The maximum absolute atomic E-state index is 12.6. The van der Waals surface area contributed by atoms with E-state index in [1.807, 2.05) is 12.1 Å². The summed E-state index contributed by atoms with van der Waals surface area (Å²) in [5.41, 5.74) is 3.50. The van der Waals surface area contributed by atoms with Crippen molar-refractivity contribution in [3.63, 3.8) is 0 Å². The van der Waals surface area contributed by atoms with E-state index in [1.165, 1.54) is 25.4 Å². The van der Waals surface area contributed by atoms with Gasteiger partial charge in [0.1, 0.15) is 5.69 Å². The van der Waals surface area contributed by atoms with Crippen molar-refractivity contribution in [2.24, 2.45) is 0 Å². The molecule has 2 rings (SSSR count). The number of pyridine rings is 1. The van der Waals surface area contributed by atoms with Crippen molar-refractivity contribution in [2.45, 2.75) is 52.4 Å². The lowest BCUT2D eigenvalue weighted by atomic mass is 9.80. The molecule has 0 saturated heterocycles. The van der Waals surface area contributed by atoms with Gasteiger partial charge in [0.2, 0.25) is 0 Å². The van der Waals surface area contributed by atoms with Crippen LogP contribution in [0.4, 0.5) is 5.69 Å². The molecule has 0 unspecified atom stereocenters. The quantitative estimate of drug-likeness (QED) is 0.796. The van der Waals surface area contributed by atoms with Gasteiger partial charge in [-0.1, -0.05) is 47.6 Å². The molecule has 1 aromatic heterocycles. The first kappa shape index (κ1) is 20.6. The van der Waals surface area contributed by atoms with Crippen LogP contribution >= 0.6 is 0 Å². The minimum Gasteiger partial charge on any atom is -0.465 e. The Morgan fingerprint density at radius 3 is 1.89 bits per heavy atom. The predicted molar refractivity (Wildman–Crippen MR) is 107 cm³/mol. The summed E-state index contributed by atoms with van der Waals surface area (Å²) in [5, 5.41) is 2.93. The average Bonchev–Trinajstić information content (AvgIpc) is 2.59. The van der Waals surface area contributed by atoms with Crippen LogP contribution in [0.5, 0.6) is 0 Å². The van der Waals surface area contributed by atoms with E-state index in [1.54, 1.807) is 0 Å². The topological polar surface area (TPSA) is 68.3 Å². The first-order valence-corrected chi connectivity index (χ1v) is 8.93. The summed E-state index contributed by atoms with van der Waals surface area (Å²) in [6.45, 7) is 12.9. The second kappa shape index (κ2) is 7.51. The van der Waals surface area contributed by atoms with Crippen molar-refractivity contribution >= 4 is 17.6 Å². The molecule has 1 N–H and O–H groups in total. The predicted octanol–water partition coefficient (Wildman–Crippen LogP) is 4.72. The molecule has 0 atom stereocenters. The molecular formula is C22H28N2O3. The third kappa shape index (κ3) is 5.16. The summed E-state index contributed by atoms with van der Waals surface area (Å²) < 4.78 is 4.64. The van der Waals surface area contributed by atoms with Crippen LogP contribution in [0.3, 0.4) is 0 Å². The van der Waals surface area contributed by atoms with Gasteiger partial charge in [0.05, 0.1) is 12.7 Å². The third-order valence-electron chi connectivity index (χ3n) is 4.34. The highest BCUT2D eigenvalue weighted by atomic mass is 16.5. The highest BCUT2D eigenvalue weighted by Gasteiger charge is 2.21. The highest BCUT2D eigenvalue weighted by molar-refractivity contribution is 6.03. The van der Waals surface area contributed by atoms with E-state index in [9.17, 15) is 9.59 Å². The van der Waals surface area contributed by atoms with Crippen molar-refractivity contribution in [2.75, 3.05) is 12.4 Å². The Balaban J connectivity index is 2.33. The fourth-order valence-corrected chi connectivity index (χ4v) is 2.53. The Morgan fingerprint density at radius 2 is 1.48 bits per heavy atom. The van der Waals surface area contributed by atoms with Gasteiger partial charge in [0, 0.05) is 11.9 Å². The molecule has 144 valence electrons. The SMILES string of the molecule is COC(=O)c1ccc(C(=O)Nc2cc(C(C)(C)C)cc(C(C)(C)C)c2)nc1. The van der Waals surface area contributed by atoms with Crippen molar-refractivity contribution < 1.29 is 14.3 Å². The summed E-state index contributed by atoms with van der Waals surface area (Å²) in [5.74, 6) is -0.806. The Hall–Kier alpha value is -2.69. The van der Waals surface area contributed by atoms with E-state index in [0.29, 0.717) is 5.56 Å². The van der Waals surface area contributed by atoms with E-state index < -0.39 is 5.97 Å². The highest BCUT2D eigenvalue weighted by Crippen LogP contribution is 2.32. The molecule has 1 heterocycles. The Bertz CT molecular complexity index is 809. The van der Waals surface area contributed by atoms with Crippen molar-refractivity contribution in [1.29, 1.82) is 0 Å². The normalized spacial score (nSPS) is 11.8. The van der Waals surface area contributed by atoms with Gasteiger partial charge >= 0.3 is 5.97 Å². The van der Waals surface area contributed by atoms with Crippen LogP contribution in [0.1, 0.15) is 73.5 Å². The second-order valence-electron chi connectivity index (χ2n) is 8.68. The van der Waals surface area contributed by atoms with Crippen molar-refractivity contribution in [1.82, 2.24) is 4.98 Å². The third-order valence-corrected chi connectivity index (χ3v) is 4.34. The number of methoxy groups -OCH3 is 1. The number of carbonyl (C=O) groups excluding carboxylic acids is 2. The summed E-state index contributed by atoms with van der Waals surface area (Å²) in [6, 6.07) is 9.23. The Kier molecular flexibility index (Phi) is 5.73. The molecule has 0 saturated carbocycles. The fraction of sp³-hybridized carbons (Fsp3) is 0.409. The molecule has 0 aliphatic heterocycles. The average molecular weight is 368 g/mol. The zero-order chi connectivity index (χ0) is 20.4. The van der Waals surface area contributed by atoms with Crippen LogP contribution in [0.15, 0.2) is 36.5 Å². The second-order valence-corrected chi connectivity index (χ2v) is 8.68. The van der Waals surface area contributed by atoms with E-state index >= 15 is 0 Å². The number of amides is 1. The smallest absolute Gasteiger partial charge is 0.339 e. The van der Waals surface area contributed by atoms with Crippen molar-refractivity contribution in [3.8, 4) is 0 Å². The zero-order valence-electron chi connectivity index (χ0n) is 17.1. The van der Waals surface area contributed by atoms with Gasteiger partial charge in [-0.2, -0.15) is 0 Å². The number of carbonyl (C=O) groups is 2. The molecule has 2 aromatic rings. The first-order valence-electron chi connectivity index (χ1n) is 8.93. The van der Waals surface area contributed by atoms with E-state index in [2.05, 4.69) is 62.6 Å². The number of nitrogens with zero attached hydrogens (tertiary/aromatic N) is 1. The van der Waals surface area contributed by atoms with Crippen LogP contribution in [-0.4, -0.2) is 24.0 Å². The largest absolute Gasteiger partial charge is 0.465 e. The maximum Gasteiger partial charge on any atom is 0.339 e. The molecule has 0 fully saturated rings. The number of ether oxygens (including phenoxy) is 1. The van der Waals surface area contributed by atoms with E-state index in [0.717, 1.165) is 16.8 Å². The lowest BCUT2D eigenvalue weighted by Crippen LogP contribution is -2.19. The van der Waals surface area contributed by atoms with Gasteiger partial charge in [0.15, 0.2) is 0 Å². The van der Waals surface area contributed by atoms with E-state index in [-0.39, 0.29) is 22.4 Å². The van der Waals surface area contributed by atoms with Gasteiger partial charge in [-0.3, -0.25) is 9.78 Å². The lowest BCUT2D eigenvalue weighted by molar-refractivity contribution is 0.0600. The molecule has 1 aromatic carbocycles. The summed E-state index contributed by atoms with van der Waals surface area (Å²) in [6.07, 6.45) is 1.34. The monoisotopic (exact) mass is 368 g/mol. The molecule has 5 heteroatoms. The first-order chi connectivity index (χ1) is 12.4. The van der Waals surface area contributed by atoms with Gasteiger partial charge in [-0.15, -0.1) is 0 Å². The number of anilines is 1. The Morgan fingerprint density at radius 1 is 0.926 bits per heavy atom. The van der Waals surface area contributed by atoms with E-state index in [4.69, 9.17) is 0 Å². The standard InChI is InChI=1S/C22H28N2O3/c1-21(2,3)15-10-16(22(4,5)6)12-17(11-15)24-19(25)18-9-8-14(13-23-18)20(26)27-7/h8-13H,1-7H3,(H,24,25). The molecule has 0 radical (unpaired) electrons. The number of nitrogens with one attached hydrogen (secondary N) is 1. The van der Waals surface area contributed by atoms with Crippen LogP contribution in [0, 0.1) is 0 Å². The molecule has 0 aliphatic rings. The van der Waals surface area contributed by atoms with Crippen LogP contribution < -0.4 is 5.32 Å². The number of aromatic nitrogens is 1. The van der Waals surface area contributed by atoms with Gasteiger partial charge in [0.25, 0.3) is 5.91 Å². The number of hydrogen-bond acceptors (Lipinski definition) is 4. The molecule has 0 bridgehead atoms.